The van der Waals surface area contributed by atoms with Crippen LogP contribution in [0.15, 0.2) is 18.0 Å². The maximum absolute atomic E-state index is 5.10. The van der Waals surface area contributed by atoms with Gasteiger partial charge in [0, 0.05) is 38.7 Å². The van der Waals surface area contributed by atoms with Crippen molar-refractivity contribution in [2.24, 2.45) is 0 Å². The van der Waals surface area contributed by atoms with Crippen LogP contribution >= 0.6 is 11.3 Å². The van der Waals surface area contributed by atoms with Crippen molar-refractivity contribution in [3.63, 3.8) is 0 Å². The highest BCUT2D eigenvalue weighted by molar-refractivity contribution is 7.09. The lowest BCUT2D eigenvalue weighted by molar-refractivity contribution is 0.150. The Labute approximate surface area is 107 Å². The smallest absolute Gasteiger partial charge is 0.107 e. The minimum absolute atomic E-state index is 0.737. The fraction of sp³-hybridized carbons (Fsp3) is 0.583. The zero-order valence-electron chi connectivity index (χ0n) is 10.6. The first-order valence-electron chi connectivity index (χ1n) is 5.70. The fourth-order valence-electron chi connectivity index (χ4n) is 1.52. The summed E-state index contributed by atoms with van der Waals surface area (Å²) < 4.78 is 5.10. The Morgan fingerprint density at radius 2 is 2.47 bits per heavy atom. The van der Waals surface area contributed by atoms with Crippen LogP contribution in [-0.2, 0) is 17.8 Å². The third kappa shape index (κ3) is 5.41. The predicted octanol–water partition coefficient (Wildman–Crippen LogP) is 1.50. The second-order valence-corrected chi connectivity index (χ2v) is 4.72. The normalized spacial score (nSPS) is 11.0. The van der Waals surface area contributed by atoms with Crippen molar-refractivity contribution in [3.05, 3.63) is 28.7 Å². The van der Waals surface area contributed by atoms with E-state index < -0.39 is 0 Å². The number of nitrogens with one attached hydrogen (secondary N) is 1. The highest BCUT2D eigenvalue weighted by atomic mass is 32.1. The second-order valence-electron chi connectivity index (χ2n) is 3.78. The molecule has 0 aliphatic carbocycles. The molecule has 5 heteroatoms. The van der Waals surface area contributed by atoms with Crippen molar-refractivity contribution in [3.8, 4) is 0 Å². The van der Waals surface area contributed by atoms with Gasteiger partial charge in [0.25, 0.3) is 0 Å². The van der Waals surface area contributed by atoms with Crippen LogP contribution in [-0.4, -0.2) is 43.7 Å². The molecular formula is C12H21N3OS. The summed E-state index contributed by atoms with van der Waals surface area (Å²) in [6.07, 6.45) is 1.91. The topological polar surface area (TPSA) is 37.4 Å². The van der Waals surface area contributed by atoms with Gasteiger partial charge in [-0.3, -0.25) is 4.90 Å². The van der Waals surface area contributed by atoms with E-state index in [-0.39, 0.29) is 0 Å². The zero-order chi connectivity index (χ0) is 12.5. The van der Waals surface area contributed by atoms with Crippen LogP contribution in [0.25, 0.3) is 0 Å². The summed E-state index contributed by atoms with van der Waals surface area (Å²) in [5, 5.41) is 6.36. The van der Waals surface area contributed by atoms with Gasteiger partial charge in [-0.25, -0.2) is 4.98 Å². The lowest BCUT2D eigenvalue weighted by atomic mass is 10.4. The average Bonchev–Trinajstić information content (AvgIpc) is 2.74. The average molecular weight is 255 g/mol. The van der Waals surface area contributed by atoms with Crippen LogP contribution in [0.1, 0.15) is 10.7 Å². The van der Waals surface area contributed by atoms with Crippen LogP contribution in [0.4, 0.5) is 0 Å². The zero-order valence-corrected chi connectivity index (χ0v) is 11.4. The van der Waals surface area contributed by atoms with Gasteiger partial charge in [-0.05, 0) is 7.05 Å². The molecule has 0 radical (unpaired) electrons. The molecule has 0 spiro atoms. The molecule has 1 aromatic heterocycles. The minimum atomic E-state index is 0.737. The number of thiazole rings is 1. The van der Waals surface area contributed by atoms with E-state index in [2.05, 4.69) is 27.2 Å². The first kappa shape index (κ1) is 14.3. The molecule has 0 aliphatic rings. The largest absolute Gasteiger partial charge is 0.383 e. The summed E-state index contributed by atoms with van der Waals surface area (Å²) in [7, 11) is 3.66. The van der Waals surface area contributed by atoms with E-state index in [4.69, 9.17) is 4.74 Å². The molecule has 1 heterocycles. The summed E-state index contributed by atoms with van der Waals surface area (Å²) in [6, 6.07) is 0. The molecule has 1 aromatic rings. The van der Waals surface area contributed by atoms with E-state index in [1.165, 1.54) is 0 Å². The van der Waals surface area contributed by atoms with Crippen molar-refractivity contribution in [2.75, 3.05) is 33.9 Å². The Balaban J connectivity index is 2.48. The molecule has 0 fully saturated rings. The van der Waals surface area contributed by atoms with Crippen molar-refractivity contribution in [1.82, 2.24) is 15.2 Å². The third-order valence-corrected chi connectivity index (χ3v) is 3.21. The Kier molecular flexibility index (Phi) is 7.04. The quantitative estimate of drug-likeness (QED) is 0.679. The van der Waals surface area contributed by atoms with Gasteiger partial charge in [-0.2, -0.15) is 0 Å². The monoisotopic (exact) mass is 255 g/mol. The molecule has 0 saturated heterocycles. The molecule has 0 unspecified atom stereocenters. The number of hydrogen-bond donors (Lipinski definition) is 1. The first-order chi connectivity index (χ1) is 8.30. The van der Waals surface area contributed by atoms with E-state index in [9.17, 15) is 0 Å². The Morgan fingerprint density at radius 1 is 1.65 bits per heavy atom. The molecular weight excluding hydrogens is 234 g/mol. The number of ether oxygens (including phenoxy) is 1. The number of rotatable bonds is 9. The minimum Gasteiger partial charge on any atom is -0.383 e. The number of methoxy groups -OCH3 is 1. The Hall–Kier alpha value is -0.750. The van der Waals surface area contributed by atoms with Crippen molar-refractivity contribution in [1.29, 1.82) is 0 Å². The molecule has 17 heavy (non-hydrogen) atoms. The van der Waals surface area contributed by atoms with Gasteiger partial charge in [-0.1, -0.05) is 6.08 Å². The second kappa shape index (κ2) is 8.36. The molecule has 1 rings (SSSR count). The van der Waals surface area contributed by atoms with E-state index in [0.29, 0.717) is 0 Å². The lowest BCUT2D eigenvalue weighted by Gasteiger charge is -2.18. The van der Waals surface area contributed by atoms with Gasteiger partial charge in [0.05, 0.1) is 12.3 Å². The first-order valence-corrected chi connectivity index (χ1v) is 6.58. The van der Waals surface area contributed by atoms with Gasteiger partial charge in [0.2, 0.25) is 0 Å². The summed E-state index contributed by atoms with van der Waals surface area (Å²) in [6.45, 7) is 7.97. The summed E-state index contributed by atoms with van der Waals surface area (Å²) in [5.74, 6) is 0. The van der Waals surface area contributed by atoms with Gasteiger partial charge < -0.3 is 10.1 Å². The molecule has 0 saturated carbocycles. The van der Waals surface area contributed by atoms with E-state index in [1.807, 2.05) is 13.1 Å². The van der Waals surface area contributed by atoms with Crippen LogP contribution in [0.3, 0.4) is 0 Å². The Bertz CT molecular complexity index is 327. The molecule has 0 bridgehead atoms. The summed E-state index contributed by atoms with van der Waals surface area (Å²) >= 11 is 1.70. The van der Waals surface area contributed by atoms with Crippen LogP contribution in [0, 0.1) is 0 Å². The standard InChI is InChI=1S/C12H21N3OS/c1-4-5-15(6-7-16-3)9-11-10-17-12(14-11)8-13-2/h4,10,13H,1,5-9H2,2-3H3. The van der Waals surface area contributed by atoms with E-state index in [0.717, 1.165) is 43.5 Å². The maximum Gasteiger partial charge on any atom is 0.107 e. The van der Waals surface area contributed by atoms with Crippen molar-refractivity contribution >= 4 is 11.3 Å². The molecule has 4 nitrogen and oxygen atoms in total. The summed E-state index contributed by atoms with van der Waals surface area (Å²) in [5.41, 5.74) is 1.12. The predicted molar refractivity (Wildman–Crippen MR) is 72.2 cm³/mol. The number of hydrogen-bond acceptors (Lipinski definition) is 5. The van der Waals surface area contributed by atoms with Crippen molar-refractivity contribution < 1.29 is 4.74 Å². The molecule has 0 aromatic carbocycles. The molecule has 1 N–H and O–H groups in total. The lowest BCUT2D eigenvalue weighted by Crippen LogP contribution is -2.27. The van der Waals surface area contributed by atoms with Crippen molar-refractivity contribution in [2.45, 2.75) is 13.1 Å². The van der Waals surface area contributed by atoms with Gasteiger partial charge in [-0.15, -0.1) is 17.9 Å². The number of nitrogens with zero attached hydrogens (tertiary/aromatic N) is 2. The van der Waals surface area contributed by atoms with Crippen LogP contribution in [0.2, 0.25) is 0 Å². The van der Waals surface area contributed by atoms with Crippen LogP contribution in [0.5, 0.6) is 0 Å². The van der Waals surface area contributed by atoms with Crippen LogP contribution < -0.4 is 5.32 Å². The number of aromatic nitrogens is 1. The highest BCUT2D eigenvalue weighted by Gasteiger charge is 2.07. The van der Waals surface area contributed by atoms with E-state index >= 15 is 0 Å². The van der Waals surface area contributed by atoms with Gasteiger partial charge in [0.1, 0.15) is 5.01 Å². The van der Waals surface area contributed by atoms with Gasteiger partial charge >= 0.3 is 0 Å². The third-order valence-electron chi connectivity index (χ3n) is 2.31. The SMILES string of the molecule is C=CCN(CCOC)Cc1csc(CNC)n1. The maximum atomic E-state index is 5.10. The summed E-state index contributed by atoms with van der Waals surface area (Å²) in [4.78, 5) is 6.84. The van der Waals surface area contributed by atoms with E-state index in [1.54, 1.807) is 18.4 Å². The molecule has 0 atom stereocenters. The molecule has 0 aliphatic heterocycles. The Morgan fingerprint density at radius 3 is 3.12 bits per heavy atom. The highest BCUT2D eigenvalue weighted by Crippen LogP contribution is 2.11. The molecule has 96 valence electrons. The molecule has 0 amide bonds. The van der Waals surface area contributed by atoms with Gasteiger partial charge in [0.15, 0.2) is 0 Å². The fourth-order valence-corrected chi connectivity index (χ4v) is 2.32.